The van der Waals surface area contributed by atoms with Crippen molar-refractivity contribution in [3.8, 4) is 11.4 Å². The maximum absolute atomic E-state index is 13.3. The average Bonchev–Trinajstić information content (AvgIpc) is 4.27. The minimum atomic E-state index is -0.331. The lowest BCUT2D eigenvalue weighted by molar-refractivity contribution is 0.0734. The molecule has 2 saturated carbocycles. The van der Waals surface area contributed by atoms with Gasteiger partial charge < -0.3 is 37.2 Å². The Morgan fingerprint density at radius 3 is 1.48 bits per heavy atom. The van der Waals surface area contributed by atoms with Gasteiger partial charge >= 0.3 is 0 Å². The summed E-state index contributed by atoms with van der Waals surface area (Å²) in [5.41, 5.74) is 18.8. The first-order valence-corrected chi connectivity index (χ1v) is 22.2. The van der Waals surface area contributed by atoms with Crippen LogP contribution in [0.2, 0.25) is 0 Å². The number of aryl methyl sites for hydroxylation is 2. The molecule has 4 aromatic carbocycles. The number of amides is 4. The molecule has 1 saturated heterocycles. The summed E-state index contributed by atoms with van der Waals surface area (Å²) in [6.07, 6.45) is 6.86. The molecule has 0 radical (unpaired) electrons. The predicted octanol–water partition coefficient (Wildman–Crippen LogP) is 4.52. The molecule has 3 aliphatic rings. The molecule has 17 nitrogen and oxygen atoms in total. The molecule has 0 atom stereocenters. The van der Waals surface area contributed by atoms with Crippen molar-refractivity contribution in [2.45, 2.75) is 51.6 Å². The Hall–Kier alpha value is -7.92. The number of nitrogen functional groups attached to an aromatic ring is 2. The van der Waals surface area contributed by atoms with Crippen molar-refractivity contribution in [1.29, 1.82) is 0 Å². The number of carbonyl (C=O) groups excluding carboxylic acids is 6. The molecule has 67 heavy (non-hydrogen) atoms. The van der Waals surface area contributed by atoms with Gasteiger partial charge in [-0.3, -0.25) is 28.8 Å². The number of aromatic nitrogens is 4. The lowest BCUT2D eigenvalue weighted by Crippen LogP contribution is -2.46. The summed E-state index contributed by atoms with van der Waals surface area (Å²) in [5.74, 6) is -0.868. The molecule has 6 aromatic rings. The fraction of sp³-hybridized carbons (Fsp3) is 0.280. The number of benzene rings is 4. The monoisotopic (exact) mass is 903 g/mol. The standard InChI is InChI=1S/C26H28N6O3.C24H25N5O3/c1-16-5-6-18(25(34)30-20-7-8-20)14-22(16)32-24(27)21(15-29-32)23(33)17-3-2-4-19(13-17)26(35)31-11-9-28-10-12-31;1-14-7-8-16(23(31)27-18-9-10-18)12-20(14)29-22(25)19(13-26-29)21(30)15-5-4-6-17(11-15)24(32)28(2)3/h2-6,13-15,20,28H,7-12,27H2,1H3,(H,30,34);4-8,11-13,18H,9-10,25H2,1-3H3,(H,27,31). The number of nitrogens with two attached hydrogens (primary N) is 2. The van der Waals surface area contributed by atoms with Crippen molar-refractivity contribution in [1.82, 2.24) is 45.3 Å². The number of nitrogens with one attached hydrogen (secondary N) is 3. The summed E-state index contributed by atoms with van der Waals surface area (Å²) in [6.45, 7) is 6.55. The van der Waals surface area contributed by atoms with Gasteiger partial charge in [-0.1, -0.05) is 36.4 Å². The van der Waals surface area contributed by atoms with Crippen LogP contribution < -0.4 is 27.4 Å². The van der Waals surface area contributed by atoms with E-state index in [0.717, 1.165) is 49.9 Å². The fourth-order valence-corrected chi connectivity index (χ4v) is 7.61. The molecule has 2 aromatic heterocycles. The molecule has 344 valence electrons. The number of anilines is 2. The lowest BCUT2D eigenvalue weighted by atomic mass is 10.0. The summed E-state index contributed by atoms with van der Waals surface area (Å²) in [4.78, 5) is 79.8. The van der Waals surface area contributed by atoms with Gasteiger partial charge in [-0.25, -0.2) is 9.36 Å². The van der Waals surface area contributed by atoms with E-state index in [1.807, 2.05) is 26.0 Å². The van der Waals surface area contributed by atoms with E-state index >= 15 is 0 Å². The van der Waals surface area contributed by atoms with E-state index in [-0.39, 0.29) is 70.0 Å². The van der Waals surface area contributed by atoms with Gasteiger partial charge in [-0.15, -0.1) is 0 Å². The molecule has 0 unspecified atom stereocenters. The lowest BCUT2D eigenvalue weighted by Gasteiger charge is -2.27. The van der Waals surface area contributed by atoms with Gasteiger partial charge in [0.25, 0.3) is 23.6 Å². The molecular formula is C50H53N11O6. The Labute approximate surface area is 387 Å². The van der Waals surface area contributed by atoms with Crippen LogP contribution in [0.4, 0.5) is 11.6 Å². The number of nitrogens with zero attached hydrogens (tertiary/aromatic N) is 6. The molecule has 3 fully saturated rings. The van der Waals surface area contributed by atoms with Gasteiger partial charge in [0.05, 0.1) is 34.9 Å². The maximum atomic E-state index is 13.3. The van der Waals surface area contributed by atoms with E-state index in [0.29, 0.717) is 57.8 Å². The van der Waals surface area contributed by atoms with Gasteiger partial charge in [-0.05, 0) is 99.2 Å². The Morgan fingerprint density at radius 2 is 1.03 bits per heavy atom. The van der Waals surface area contributed by atoms with Crippen molar-refractivity contribution < 1.29 is 28.8 Å². The number of piperazine rings is 1. The minimum absolute atomic E-state index is 0.0956. The second kappa shape index (κ2) is 19.3. The Kier molecular flexibility index (Phi) is 13.1. The van der Waals surface area contributed by atoms with E-state index < -0.39 is 0 Å². The highest BCUT2D eigenvalue weighted by molar-refractivity contribution is 6.13. The van der Waals surface area contributed by atoms with Crippen molar-refractivity contribution in [3.05, 3.63) is 153 Å². The SMILES string of the molecule is Cc1ccc(C(=O)NC2CC2)cc1-n1ncc(C(=O)c2cccc(C(=O)N(C)C)c2)c1N.Cc1ccc(C(=O)NC2CC2)cc1-n1ncc(C(=O)c2cccc(C(=O)N3CCNCC3)c2)c1N. The molecule has 9 rings (SSSR count). The van der Waals surface area contributed by atoms with Crippen LogP contribution in [-0.2, 0) is 0 Å². The predicted molar refractivity (Wildman–Crippen MR) is 253 cm³/mol. The molecule has 1 aliphatic heterocycles. The Balaban J connectivity index is 0.000000182. The van der Waals surface area contributed by atoms with Crippen molar-refractivity contribution in [2.24, 2.45) is 0 Å². The normalized spacial score (nSPS) is 14.4. The number of carbonyl (C=O) groups is 6. The zero-order valence-electron chi connectivity index (χ0n) is 37.8. The van der Waals surface area contributed by atoms with Crippen LogP contribution >= 0.6 is 0 Å². The summed E-state index contributed by atoms with van der Waals surface area (Å²) >= 11 is 0. The molecule has 0 spiro atoms. The van der Waals surface area contributed by atoms with Crippen LogP contribution in [0.15, 0.2) is 97.3 Å². The van der Waals surface area contributed by atoms with E-state index in [1.54, 1.807) is 91.8 Å². The third-order valence-corrected chi connectivity index (χ3v) is 11.9. The first-order valence-electron chi connectivity index (χ1n) is 22.2. The van der Waals surface area contributed by atoms with Crippen LogP contribution in [0, 0.1) is 13.8 Å². The van der Waals surface area contributed by atoms with Crippen LogP contribution in [0.1, 0.15) is 110 Å². The van der Waals surface area contributed by atoms with E-state index in [9.17, 15) is 28.8 Å². The zero-order valence-corrected chi connectivity index (χ0v) is 37.8. The molecule has 17 heteroatoms. The molecule has 3 heterocycles. The van der Waals surface area contributed by atoms with Gasteiger partial charge in [-0.2, -0.15) is 10.2 Å². The van der Waals surface area contributed by atoms with E-state index in [4.69, 9.17) is 11.5 Å². The molecule has 4 amide bonds. The van der Waals surface area contributed by atoms with E-state index in [1.165, 1.54) is 26.7 Å². The average molecular weight is 904 g/mol. The van der Waals surface area contributed by atoms with Crippen molar-refractivity contribution >= 4 is 46.8 Å². The van der Waals surface area contributed by atoms with Crippen molar-refractivity contribution in [3.63, 3.8) is 0 Å². The van der Waals surface area contributed by atoms with Gasteiger partial charge in [0.2, 0.25) is 0 Å². The number of ketones is 2. The Morgan fingerprint density at radius 1 is 0.597 bits per heavy atom. The molecular weight excluding hydrogens is 851 g/mol. The molecule has 0 bridgehead atoms. The first kappa shape index (κ1) is 45.6. The maximum Gasteiger partial charge on any atom is 0.253 e. The summed E-state index contributed by atoms with van der Waals surface area (Å²) in [6, 6.07) is 24.4. The highest BCUT2D eigenvalue weighted by Crippen LogP contribution is 2.27. The van der Waals surface area contributed by atoms with Crippen LogP contribution in [0.3, 0.4) is 0 Å². The van der Waals surface area contributed by atoms with Crippen LogP contribution in [0.5, 0.6) is 0 Å². The number of hydrogen-bond donors (Lipinski definition) is 5. The van der Waals surface area contributed by atoms with Gasteiger partial charge in [0, 0.05) is 85.7 Å². The first-order chi connectivity index (χ1) is 32.2. The zero-order chi connectivity index (χ0) is 47.5. The topological polar surface area (TPSA) is 233 Å². The highest BCUT2D eigenvalue weighted by Gasteiger charge is 2.27. The molecule has 7 N–H and O–H groups in total. The number of hydrogen-bond acceptors (Lipinski definition) is 11. The summed E-state index contributed by atoms with van der Waals surface area (Å²) in [7, 11) is 3.31. The summed E-state index contributed by atoms with van der Waals surface area (Å²) in [5, 5.41) is 17.8. The smallest absolute Gasteiger partial charge is 0.253 e. The third kappa shape index (κ3) is 10.2. The van der Waals surface area contributed by atoms with Crippen LogP contribution in [-0.4, -0.2) is 117 Å². The van der Waals surface area contributed by atoms with Gasteiger partial charge in [0.1, 0.15) is 11.6 Å². The summed E-state index contributed by atoms with van der Waals surface area (Å²) < 4.78 is 2.94. The van der Waals surface area contributed by atoms with Gasteiger partial charge in [0.15, 0.2) is 11.6 Å². The molecule has 2 aliphatic carbocycles. The minimum Gasteiger partial charge on any atom is -0.383 e. The third-order valence-electron chi connectivity index (χ3n) is 11.9. The number of rotatable bonds is 12. The largest absolute Gasteiger partial charge is 0.383 e. The van der Waals surface area contributed by atoms with Crippen LogP contribution in [0.25, 0.3) is 11.4 Å². The fourth-order valence-electron chi connectivity index (χ4n) is 7.61. The quantitative estimate of drug-likeness (QED) is 0.107. The second-order valence-electron chi connectivity index (χ2n) is 17.3. The Bertz CT molecular complexity index is 2920. The van der Waals surface area contributed by atoms with E-state index in [2.05, 4.69) is 26.1 Å². The second-order valence-corrected chi connectivity index (χ2v) is 17.3. The highest BCUT2D eigenvalue weighted by atomic mass is 16.2. The van der Waals surface area contributed by atoms with Crippen molar-refractivity contribution in [2.75, 3.05) is 51.7 Å².